The van der Waals surface area contributed by atoms with Gasteiger partial charge < -0.3 is 9.63 Å². The Bertz CT molecular complexity index is 557. The van der Waals surface area contributed by atoms with E-state index in [0.29, 0.717) is 6.42 Å². The van der Waals surface area contributed by atoms with Crippen LogP contribution in [0.15, 0.2) is 29.0 Å². The van der Waals surface area contributed by atoms with Crippen LogP contribution >= 0.6 is 0 Å². The number of alkyl halides is 3. The van der Waals surface area contributed by atoms with Gasteiger partial charge in [0.1, 0.15) is 0 Å². The smallest absolute Gasteiger partial charge is 0.383 e. The zero-order valence-corrected chi connectivity index (χ0v) is 10.5. The van der Waals surface area contributed by atoms with Crippen LogP contribution in [-0.2, 0) is 6.42 Å². The van der Waals surface area contributed by atoms with E-state index < -0.39 is 18.2 Å². The van der Waals surface area contributed by atoms with Gasteiger partial charge in [-0.05, 0) is 11.6 Å². The van der Waals surface area contributed by atoms with E-state index in [2.05, 4.69) is 15.1 Å². The van der Waals surface area contributed by atoms with Crippen molar-refractivity contribution in [2.75, 3.05) is 0 Å². The molecule has 2 rings (SSSR count). The summed E-state index contributed by atoms with van der Waals surface area (Å²) in [7, 11) is 0. The summed E-state index contributed by atoms with van der Waals surface area (Å²) in [6.07, 6.45) is -3.75. The van der Waals surface area contributed by atoms with Crippen LogP contribution in [0.5, 0.6) is 0 Å². The molecule has 1 N–H and O–H groups in total. The summed E-state index contributed by atoms with van der Waals surface area (Å²) in [5, 5.41) is 12.7. The second-order valence-electron chi connectivity index (χ2n) is 4.36. The second-order valence-corrected chi connectivity index (χ2v) is 4.36. The Morgan fingerprint density at radius 1 is 1.40 bits per heavy atom. The van der Waals surface area contributed by atoms with Gasteiger partial charge in [-0.1, -0.05) is 18.1 Å². The highest BCUT2D eigenvalue weighted by Crippen LogP contribution is 2.30. The monoisotopic (exact) mass is 287 g/mol. The van der Waals surface area contributed by atoms with Crippen LogP contribution in [0.1, 0.15) is 30.1 Å². The fourth-order valence-electron chi connectivity index (χ4n) is 1.63. The van der Waals surface area contributed by atoms with Crippen molar-refractivity contribution in [3.63, 3.8) is 0 Å². The van der Waals surface area contributed by atoms with Gasteiger partial charge in [0, 0.05) is 18.8 Å². The van der Waals surface area contributed by atoms with Gasteiger partial charge in [-0.25, -0.2) is 0 Å². The highest BCUT2D eigenvalue weighted by molar-refractivity contribution is 5.14. The van der Waals surface area contributed by atoms with E-state index in [9.17, 15) is 13.2 Å². The van der Waals surface area contributed by atoms with Crippen molar-refractivity contribution in [2.24, 2.45) is 0 Å². The Kier molecular flexibility index (Phi) is 4.03. The lowest BCUT2D eigenvalue weighted by atomic mass is 10.0. The third-order valence-electron chi connectivity index (χ3n) is 2.77. The van der Waals surface area contributed by atoms with Crippen molar-refractivity contribution in [1.82, 2.24) is 15.1 Å². The van der Waals surface area contributed by atoms with Crippen LogP contribution in [0.3, 0.4) is 0 Å². The van der Waals surface area contributed by atoms with Gasteiger partial charge >= 0.3 is 6.18 Å². The quantitative estimate of drug-likeness (QED) is 0.932. The molecule has 5 nitrogen and oxygen atoms in total. The molecule has 0 aliphatic heterocycles. The molecule has 0 bridgehead atoms. The zero-order chi connectivity index (χ0) is 14.8. The molecular formula is C12H12F3N3O2. The van der Waals surface area contributed by atoms with Crippen LogP contribution in [0.4, 0.5) is 13.2 Å². The average molecular weight is 287 g/mol. The molecule has 2 atom stereocenters. The van der Waals surface area contributed by atoms with E-state index in [0.717, 1.165) is 5.56 Å². The molecule has 0 saturated heterocycles. The summed E-state index contributed by atoms with van der Waals surface area (Å²) in [6, 6.07) is 3.52. The van der Waals surface area contributed by atoms with Crippen LogP contribution in [0, 0.1) is 0 Å². The Labute approximate surface area is 112 Å². The van der Waals surface area contributed by atoms with Gasteiger partial charge in [0.2, 0.25) is 5.89 Å². The lowest BCUT2D eigenvalue weighted by Gasteiger charge is -2.17. The summed E-state index contributed by atoms with van der Waals surface area (Å²) in [5.74, 6) is -1.31. The van der Waals surface area contributed by atoms with Crippen LogP contribution in [0.2, 0.25) is 0 Å². The van der Waals surface area contributed by atoms with E-state index >= 15 is 0 Å². The van der Waals surface area contributed by atoms with Crippen LogP contribution < -0.4 is 0 Å². The van der Waals surface area contributed by atoms with Crippen LogP contribution in [0.25, 0.3) is 0 Å². The number of hydrogen-bond donors (Lipinski definition) is 1. The minimum absolute atomic E-state index is 0.242. The molecule has 0 amide bonds. The second kappa shape index (κ2) is 5.58. The number of pyridine rings is 1. The molecule has 0 saturated carbocycles. The number of hydrogen-bond acceptors (Lipinski definition) is 5. The Hall–Kier alpha value is -1.96. The maximum Gasteiger partial charge on any atom is 0.415 e. The Balaban J connectivity index is 2.09. The Morgan fingerprint density at radius 2 is 2.15 bits per heavy atom. The third-order valence-corrected chi connectivity index (χ3v) is 2.77. The topological polar surface area (TPSA) is 72.0 Å². The molecule has 0 aliphatic rings. The van der Waals surface area contributed by atoms with E-state index in [-0.39, 0.29) is 11.7 Å². The minimum Gasteiger partial charge on any atom is -0.383 e. The lowest BCUT2D eigenvalue weighted by molar-refractivity contribution is -0.210. The van der Waals surface area contributed by atoms with Gasteiger partial charge in [0.15, 0.2) is 11.9 Å². The SMILES string of the molecule is CC(c1nc(Cc2cccnc2)no1)C(O)C(F)(F)F. The molecule has 0 aliphatic carbocycles. The van der Waals surface area contributed by atoms with Crippen molar-refractivity contribution in [3.05, 3.63) is 41.8 Å². The standard InChI is InChI=1S/C12H12F3N3O2/c1-7(10(19)12(13,14)15)11-17-9(18-20-11)5-8-3-2-4-16-6-8/h2-4,6-7,10,19H,5H2,1H3. The number of aliphatic hydroxyl groups excluding tert-OH is 1. The average Bonchev–Trinajstić information content (AvgIpc) is 2.85. The Morgan fingerprint density at radius 3 is 2.75 bits per heavy atom. The summed E-state index contributed by atoms with van der Waals surface area (Å²) in [5.41, 5.74) is 0.809. The fourth-order valence-corrected chi connectivity index (χ4v) is 1.63. The van der Waals surface area contributed by atoms with Crippen molar-refractivity contribution < 1.29 is 22.8 Å². The minimum atomic E-state index is -4.72. The van der Waals surface area contributed by atoms with Gasteiger partial charge in [-0.3, -0.25) is 4.98 Å². The predicted molar refractivity (Wildman–Crippen MR) is 61.8 cm³/mol. The number of halogens is 3. The molecular weight excluding hydrogens is 275 g/mol. The molecule has 0 aromatic carbocycles. The molecule has 8 heteroatoms. The molecule has 2 heterocycles. The molecule has 0 fully saturated rings. The third kappa shape index (κ3) is 3.32. The molecule has 108 valence electrons. The first-order chi connectivity index (χ1) is 9.38. The maximum atomic E-state index is 12.4. The molecule has 2 aromatic heterocycles. The van der Waals surface area contributed by atoms with Crippen LogP contribution in [-0.4, -0.2) is 32.5 Å². The molecule has 2 aromatic rings. The summed E-state index contributed by atoms with van der Waals surface area (Å²) < 4.78 is 41.9. The summed E-state index contributed by atoms with van der Waals surface area (Å²) in [4.78, 5) is 7.78. The van der Waals surface area contributed by atoms with Crippen molar-refractivity contribution >= 4 is 0 Å². The largest absolute Gasteiger partial charge is 0.415 e. The fraction of sp³-hybridized carbons (Fsp3) is 0.417. The van der Waals surface area contributed by atoms with E-state index in [1.807, 2.05) is 0 Å². The summed E-state index contributed by atoms with van der Waals surface area (Å²) >= 11 is 0. The van der Waals surface area contributed by atoms with E-state index in [1.54, 1.807) is 24.5 Å². The van der Waals surface area contributed by atoms with Gasteiger partial charge in [0.25, 0.3) is 0 Å². The van der Waals surface area contributed by atoms with Crippen molar-refractivity contribution in [2.45, 2.75) is 31.5 Å². The summed E-state index contributed by atoms with van der Waals surface area (Å²) in [6.45, 7) is 1.18. The normalized spacial score (nSPS) is 15.1. The number of aliphatic hydroxyl groups is 1. The maximum absolute atomic E-state index is 12.4. The molecule has 20 heavy (non-hydrogen) atoms. The first-order valence-electron chi connectivity index (χ1n) is 5.84. The first kappa shape index (κ1) is 14.4. The molecule has 0 radical (unpaired) electrons. The molecule has 0 spiro atoms. The van der Waals surface area contributed by atoms with Crippen molar-refractivity contribution in [3.8, 4) is 0 Å². The van der Waals surface area contributed by atoms with E-state index in [1.165, 1.54) is 6.92 Å². The zero-order valence-electron chi connectivity index (χ0n) is 10.5. The first-order valence-corrected chi connectivity index (χ1v) is 5.84. The van der Waals surface area contributed by atoms with Crippen molar-refractivity contribution in [1.29, 1.82) is 0 Å². The van der Waals surface area contributed by atoms with E-state index in [4.69, 9.17) is 9.63 Å². The highest BCUT2D eigenvalue weighted by Gasteiger charge is 2.44. The number of rotatable bonds is 4. The lowest BCUT2D eigenvalue weighted by Crippen LogP contribution is -2.33. The molecule has 2 unspecified atom stereocenters. The number of nitrogens with zero attached hydrogens (tertiary/aromatic N) is 3. The number of aromatic nitrogens is 3. The van der Waals surface area contributed by atoms with Gasteiger partial charge in [-0.15, -0.1) is 0 Å². The van der Waals surface area contributed by atoms with Gasteiger partial charge in [-0.2, -0.15) is 18.2 Å². The van der Waals surface area contributed by atoms with Gasteiger partial charge in [0.05, 0.1) is 5.92 Å². The predicted octanol–water partition coefficient (Wildman–Crippen LogP) is 2.08. The highest BCUT2D eigenvalue weighted by atomic mass is 19.4.